The molecule has 0 aromatic rings. The van der Waals surface area contributed by atoms with E-state index in [4.69, 9.17) is 4.74 Å². The second-order valence-corrected chi connectivity index (χ2v) is 5.17. The summed E-state index contributed by atoms with van der Waals surface area (Å²) in [6.45, 7) is 0. The van der Waals surface area contributed by atoms with Gasteiger partial charge < -0.3 is 4.74 Å². The molecule has 0 N–H and O–H groups in total. The SMILES string of the molecule is O=C1CCCC1OC(=O)C1C[C@H]2C=CC1C2. The summed E-state index contributed by atoms with van der Waals surface area (Å²) >= 11 is 0. The number of hydrogen-bond donors (Lipinski definition) is 0. The first kappa shape index (κ1) is 10.1. The molecule has 0 spiro atoms. The third-order valence-electron chi connectivity index (χ3n) is 4.09. The number of esters is 1. The van der Waals surface area contributed by atoms with Gasteiger partial charge in [-0.05, 0) is 37.5 Å². The number of carbonyl (C=O) groups excluding carboxylic acids is 2. The zero-order valence-electron chi connectivity index (χ0n) is 9.22. The van der Waals surface area contributed by atoms with Crippen molar-refractivity contribution in [3.05, 3.63) is 12.2 Å². The Hall–Kier alpha value is -1.12. The maximum absolute atomic E-state index is 11.9. The fraction of sp³-hybridized carbons (Fsp3) is 0.692. The van der Waals surface area contributed by atoms with Crippen LogP contribution in [0.15, 0.2) is 12.2 Å². The first-order valence-electron chi connectivity index (χ1n) is 6.15. The quantitative estimate of drug-likeness (QED) is 0.527. The molecule has 0 saturated heterocycles. The lowest BCUT2D eigenvalue weighted by molar-refractivity contribution is -0.158. The maximum Gasteiger partial charge on any atom is 0.310 e. The van der Waals surface area contributed by atoms with E-state index in [-0.39, 0.29) is 17.7 Å². The average molecular weight is 220 g/mol. The summed E-state index contributed by atoms with van der Waals surface area (Å²) in [4.78, 5) is 23.3. The molecule has 2 saturated carbocycles. The molecule has 3 nitrogen and oxygen atoms in total. The molecule has 0 aromatic heterocycles. The van der Waals surface area contributed by atoms with Gasteiger partial charge in [0.15, 0.2) is 11.9 Å². The van der Waals surface area contributed by atoms with Gasteiger partial charge in [0.05, 0.1) is 5.92 Å². The normalized spacial score (nSPS) is 40.6. The lowest BCUT2D eigenvalue weighted by Gasteiger charge is -2.19. The van der Waals surface area contributed by atoms with Crippen LogP contribution in [0.5, 0.6) is 0 Å². The van der Waals surface area contributed by atoms with Gasteiger partial charge in [-0.15, -0.1) is 0 Å². The molecular weight excluding hydrogens is 204 g/mol. The first-order valence-corrected chi connectivity index (χ1v) is 6.15. The average Bonchev–Trinajstić information content (AvgIpc) is 2.95. The second kappa shape index (κ2) is 3.72. The van der Waals surface area contributed by atoms with Crippen LogP contribution in [0.3, 0.4) is 0 Å². The van der Waals surface area contributed by atoms with E-state index in [9.17, 15) is 9.59 Å². The Labute approximate surface area is 94.8 Å². The van der Waals surface area contributed by atoms with Crippen LogP contribution in [0.4, 0.5) is 0 Å². The lowest BCUT2D eigenvalue weighted by Crippen LogP contribution is -2.28. The predicted molar refractivity (Wildman–Crippen MR) is 57.6 cm³/mol. The smallest absolute Gasteiger partial charge is 0.310 e. The Kier molecular flexibility index (Phi) is 2.34. The van der Waals surface area contributed by atoms with Crippen LogP contribution in [-0.4, -0.2) is 17.9 Å². The number of carbonyl (C=O) groups is 2. The van der Waals surface area contributed by atoms with E-state index in [0.717, 1.165) is 25.7 Å². The van der Waals surface area contributed by atoms with Crippen molar-refractivity contribution in [2.24, 2.45) is 17.8 Å². The highest BCUT2D eigenvalue weighted by Crippen LogP contribution is 2.44. The molecule has 3 aliphatic rings. The zero-order valence-corrected chi connectivity index (χ0v) is 9.22. The molecule has 3 rings (SSSR count). The topological polar surface area (TPSA) is 43.4 Å². The van der Waals surface area contributed by atoms with Crippen LogP contribution in [0.1, 0.15) is 32.1 Å². The van der Waals surface area contributed by atoms with Crippen LogP contribution in [-0.2, 0) is 14.3 Å². The number of Topliss-reactive ketones (excluding diaryl/α,β-unsaturated/α-hetero) is 1. The number of ketones is 1. The van der Waals surface area contributed by atoms with Gasteiger partial charge in [-0.3, -0.25) is 9.59 Å². The summed E-state index contributed by atoms with van der Waals surface area (Å²) in [5, 5.41) is 0. The summed E-state index contributed by atoms with van der Waals surface area (Å²) in [5.74, 6) is 0.920. The molecule has 3 unspecified atom stereocenters. The number of rotatable bonds is 2. The third kappa shape index (κ3) is 1.58. The van der Waals surface area contributed by atoms with Crippen LogP contribution in [0.25, 0.3) is 0 Å². The van der Waals surface area contributed by atoms with E-state index in [1.165, 1.54) is 0 Å². The Bertz CT molecular complexity index is 358. The maximum atomic E-state index is 11.9. The standard InChI is InChI=1S/C13H16O3/c14-11-2-1-3-12(11)16-13(15)10-7-8-4-5-9(10)6-8/h4-5,8-10,12H,1-3,6-7H2/t8-,9?,10?,12?/m0/s1. The molecule has 16 heavy (non-hydrogen) atoms. The van der Waals surface area contributed by atoms with E-state index in [0.29, 0.717) is 18.3 Å². The summed E-state index contributed by atoms with van der Waals surface area (Å²) in [5.41, 5.74) is 0. The minimum absolute atomic E-state index is 0.0170. The fourth-order valence-electron chi connectivity index (χ4n) is 3.19. The molecule has 2 fully saturated rings. The van der Waals surface area contributed by atoms with Crippen molar-refractivity contribution < 1.29 is 14.3 Å². The molecule has 3 aliphatic carbocycles. The summed E-state index contributed by atoms with van der Waals surface area (Å²) in [7, 11) is 0. The molecule has 4 atom stereocenters. The number of fused-ring (bicyclic) bond motifs is 2. The predicted octanol–water partition coefficient (Wildman–Crippen LogP) is 1.86. The van der Waals surface area contributed by atoms with Gasteiger partial charge in [0.1, 0.15) is 0 Å². The highest BCUT2D eigenvalue weighted by Gasteiger charge is 2.42. The molecule has 0 radical (unpaired) electrons. The van der Waals surface area contributed by atoms with Gasteiger partial charge in [0, 0.05) is 6.42 Å². The molecule has 86 valence electrons. The Morgan fingerprint density at radius 3 is 2.75 bits per heavy atom. The Morgan fingerprint density at radius 1 is 1.31 bits per heavy atom. The van der Waals surface area contributed by atoms with Gasteiger partial charge in [-0.2, -0.15) is 0 Å². The molecule has 0 aromatic carbocycles. The van der Waals surface area contributed by atoms with Crippen molar-refractivity contribution in [2.45, 2.75) is 38.2 Å². The van der Waals surface area contributed by atoms with E-state index in [1.54, 1.807) is 0 Å². The van der Waals surface area contributed by atoms with Crippen molar-refractivity contribution >= 4 is 11.8 Å². The minimum atomic E-state index is -0.435. The minimum Gasteiger partial charge on any atom is -0.454 e. The van der Waals surface area contributed by atoms with Crippen LogP contribution in [0, 0.1) is 17.8 Å². The molecule has 2 bridgehead atoms. The van der Waals surface area contributed by atoms with E-state index >= 15 is 0 Å². The highest BCUT2D eigenvalue weighted by atomic mass is 16.5. The number of ether oxygens (including phenoxy) is 1. The van der Waals surface area contributed by atoms with Crippen molar-refractivity contribution in [1.29, 1.82) is 0 Å². The largest absolute Gasteiger partial charge is 0.454 e. The number of allylic oxidation sites excluding steroid dienone is 2. The van der Waals surface area contributed by atoms with Crippen molar-refractivity contribution in [3.63, 3.8) is 0 Å². The van der Waals surface area contributed by atoms with Crippen molar-refractivity contribution in [1.82, 2.24) is 0 Å². The molecule has 0 heterocycles. The lowest BCUT2D eigenvalue weighted by atomic mass is 9.94. The first-order chi connectivity index (χ1) is 7.74. The molecule has 3 heteroatoms. The highest BCUT2D eigenvalue weighted by molar-refractivity contribution is 5.87. The monoisotopic (exact) mass is 220 g/mol. The second-order valence-electron chi connectivity index (χ2n) is 5.17. The van der Waals surface area contributed by atoms with Gasteiger partial charge in [-0.25, -0.2) is 0 Å². The van der Waals surface area contributed by atoms with Gasteiger partial charge in [0.25, 0.3) is 0 Å². The number of hydrogen-bond acceptors (Lipinski definition) is 3. The summed E-state index contributed by atoms with van der Waals surface area (Å²) in [6.07, 6.45) is 8.09. The summed E-state index contributed by atoms with van der Waals surface area (Å²) in [6, 6.07) is 0. The van der Waals surface area contributed by atoms with Crippen LogP contribution < -0.4 is 0 Å². The van der Waals surface area contributed by atoms with Gasteiger partial charge >= 0.3 is 5.97 Å². The Balaban J connectivity index is 1.61. The summed E-state index contributed by atoms with van der Waals surface area (Å²) < 4.78 is 5.34. The van der Waals surface area contributed by atoms with E-state index in [2.05, 4.69) is 12.2 Å². The van der Waals surface area contributed by atoms with Crippen molar-refractivity contribution in [2.75, 3.05) is 0 Å². The Morgan fingerprint density at radius 2 is 2.19 bits per heavy atom. The fourth-order valence-corrected chi connectivity index (χ4v) is 3.19. The van der Waals surface area contributed by atoms with Crippen LogP contribution in [0.2, 0.25) is 0 Å². The third-order valence-corrected chi connectivity index (χ3v) is 4.09. The zero-order chi connectivity index (χ0) is 11.1. The van der Waals surface area contributed by atoms with Crippen LogP contribution >= 0.6 is 0 Å². The van der Waals surface area contributed by atoms with Gasteiger partial charge in [-0.1, -0.05) is 12.2 Å². The molecular formula is C13H16O3. The van der Waals surface area contributed by atoms with E-state index < -0.39 is 6.10 Å². The van der Waals surface area contributed by atoms with Crippen molar-refractivity contribution in [3.8, 4) is 0 Å². The molecule has 0 aliphatic heterocycles. The van der Waals surface area contributed by atoms with Gasteiger partial charge in [0.2, 0.25) is 0 Å². The molecule has 0 amide bonds. The van der Waals surface area contributed by atoms with E-state index in [1.807, 2.05) is 0 Å².